The number of benzene rings is 1. The summed E-state index contributed by atoms with van der Waals surface area (Å²) in [6.07, 6.45) is 3.22. The number of fused-ring (bicyclic) bond motifs is 1. The quantitative estimate of drug-likeness (QED) is 0.364. The van der Waals surface area contributed by atoms with Crippen molar-refractivity contribution in [1.29, 1.82) is 0 Å². The Hall–Kier alpha value is -3.13. The molecule has 3 heterocycles. The van der Waals surface area contributed by atoms with E-state index in [2.05, 4.69) is 48.0 Å². The molecule has 0 aliphatic carbocycles. The van der Waals surface area contributed by atoms with E-state index in [9.17, 15) is 9.18 Å². The van der Waals surface area contributed by atoms with E-state index in [4.69, 9.17) is 4.98 Å². The first-order valence-corrected chi connectivity index (χ1v) is 11.8. The number of nitrogens with one attached hydrogen (secondary N) is 2. The third-order valence-electron chi connectivity index (χ3n) is 6.64. The molecule has 0 radical (unpaired) electrons. The molecule has 33 heavy (non-hydrogen) atoms. The number of para-hydroxylation sites is 2. The molecule has 0 spiro atoms. The Kier molecular flexibility index (Phi) is 6.30. The third-order valence-corrected chi connectivity index (χ3v) is 7.81. The maximum atomic E-state index is 13.8. The summed E-state index contributed by atoms with van der Waals surface area (Å²) in [5.74, 6) is 0.198. The van der Waals surface area contributed by atoms with E-state index in [0.717, 1.165) is 34.7 Å². The first kappa shape index (κ1) is 23.0. The lowest BCUT2D eigenvalue weighted by Gasteiger charge is -2.40. The van der Waals surface area contributed by atoms with Gasteiger partial charge in [-0.3, -0.25) is 9.78 Å². The number of halogens is 1. The van der Waals surface area contributed by atoms with E-state index in [-0.39, 0.29) is 29.0 Å². The number of imidazole rings is 1. The van der Waals surface area contributed by atoms with Gasteiger partial charge in [0.1, 0.15) is 17.3 Å². The molecule has 0 unspecified atom stereocenters. The monoisotopic (exact) mass is 465 g/mol. The molecular weight excluding hydrogens is 437 g/mol. The number of carbonyl (C=O) groups is 1. The van der Waals surface area contributed by atoms with Crippen molar-refractivity contribution in [2.24, 2.45) is 5.41 Å². The molecule has 6 nitrogen and oxygen atoms in total. The molecule has 1 aromatic carbocycles. The number of aryl methyl sites for hydroxylation is 1. The van der Waals surface area contributed by atoms with Gasteiger partial charge in [-0.15, -0.1) is 11.3 Å². The summed E-state index contributed by atoms with van der Waals surface area (Å²) in [4.78, 5) is 29.3. The molecule has 4 rings (SSSR count). The van der Waals surface area contributed by atoms with Crippen LogP contribution in [-0.2, 0) is 18.4 Å². The summed E-state index contributed by atoms with van der Waals surface area (Å²) < 4.78 is 13.8. The number of rotatable bonds is 8. The first-order valence-electron chi connectivity index (χ1n) is 10.9. The molecular formula is C25H28FN5OS. The summed E-state index contributed by atoms with van der Waals surface area (Å²) in [7, 11) is 0. The fourth-order valence-corrected chi connectivity index (χ4v) is 4.73. The number of aromatic amines is 1. The van der Waals surface area contributed by atoms with Crippen molar-refractivity contribution in [3.63, 3.8) is 0 Å². The van der Waals surface area contributed by atoms with Crippen molar-refractivity contribution in [3.05, 3.63) is 76.0 Å². The number of H-pyrrole nitrogens is 1. The molecule has 0 saturated carbocycles. The van der Waals surface area contributed by atoms with Crippen LogP contribution in [-0.4, -0.2) is 25.8 Å². The highest BCUT2D eigenvalue weighted by molar-refractivity contribution is 7.10. The zero-order valence-corrected chi connectivity index (χ0v) is 20.1. The van der Waals surface area contributed by atoms with Crippen LogP contribution in [0.2, 0.25) is 0 Å². The average molecular weight is 466 g/mol. The number of thiazole rings is 1. The van der Waals surface area contributed by atoms with E-state index in [1.807, 2.05) is 24.3 Å². The molecule has 0 bridgehead atoms. The van der Waals surface area contributed by atoms with Crippen molar-refractivity contribution in [3.8, 4) is 0 Å². The Bertz CT molecular complexity index is 1240. The molecule has 0 saturated heterocycles. The summed E-state index contributed by atoms with van der Waals surface area (Å²) in [5, 5.41) is 5.36. The average Bonchev–Trinajstić information content (AvgIpc) is 3.44. The van der Waals surface area contributed by atoms with Gasteiger partial charge in [-0.25, -0.2) is 14.4 Å². The minimum atomic E-state index is -0.441. The van der Waals surface area contributed by atoms with Gasteiger partial charge in [0.25, 0.3) is 5.91 Å². The molecule has 3 aromatic heterocycles. The van der Waals surface area contributed by atoms with Gasteiger partial charge in [-0.05, 0) is 36.1 Å². The van der Waals surface area contributed by atoms with Crippen molar-refractivity contribution >= 4 is 28.3 Å². The lowest BCUT2D eigenvalue weighted by Crippen LogP contribution is -2.37. The summed E-state index contributed by atoms with van der Waals surface area (Å²) in [6, 6.07) is 10.9. The second kappa shape index (κ2) is 9.02. The zero-order chi connectivity index (χ0) is 23.6. The van der Waals surface area contributed by atoms with Gasteiger partial charge in [0.2, 0.25) is 0 Å². The number of carbonyl (C=O) groups excluding carboxylic acids is 1. The van der Waals surface area contributed by atoms with E-state index >= 15 is 0 Å². The Morgan fingerprint density at radius 1 is 1.12 bits per heavy atom. The largest absolute Gasteiger partial charge is 0.345 e. The minimum Gasteiger partial charge on any atom is -0.345 e. The molecule has 2 N–H and O–H groups in total. The van der Waals surface area contributed by atoms with Gasteiger partial charge < -0.3 is 10.3 Å². The first-order chi connectivity index (χ1) is 15.7. The Labute approximate surface area is 196 Å². The van der Waals surface area contributed by atoms with Crippen LogP contribution in [0.1, 0.15) is 61.1 Å². The smallest absolute Gasteiger partial charge is 0.271 e. The van der Waals surface area contributed by atoms with Crippen molar-refractivity contribution in [2.75, 3.05) is 0 Å². The maximum Gasteiger partial charge on any atom is 0.271 e. The third kappa shape index (κ3) is 4.80. The highest BCUT2D eigenvalue weighted by Crippen LogP contribution is 2.45. The lowest BCUT2D eigenvalue weighted by molar-refractivity contribution is 0.0944. The van der Waals surface area contributed by atoms with Crippen LogP contribution in [0.4, 0.5) is 4.39 Å². The van der Waals surface area contributed by atoms with E-state index in [0.29, 0.717) is 5.69 Å². The highest BCUT2D eigenvalue weighted by atomic mass is 32.1. The SMILES string of the molecule is CC(C)(CCc1nc2ccccc2[nH]1)C(C)(C)c1nc(C(=O)NCc2ncccc2F)cs1. The van der Waals surface area contributed by atoms with Crippen LogP contribution in [0.5, 0.6) is 0 Å². The number of nitrogens with zero attached hydrogens (tertiary/aromatic N) is 3. The van der Waals surface area contributed by atoms with Crippen molar-refractivity contribution in [2.45, 2.75) is 52.5 Å². The van der Waals surface area contributed by atoms with Gasteiger partial charge in [-0.2, -0.15) is 0 Å². The van der Waals surface area contributed by atoms with Gasteiger partial charge in [0.15, 0.2) is 0 Å². The summed E-state index contributed by atoms with van der Waals surface area (Å²) in [6.45, 7) is 8.79. The number of aromatic nitrogens is 4. The number of amides is 1. The molecule has 0 fully saturated rings. The predicted molar refractivity (Wildman–Crippen MR) is 129 cm³/mol. The van der Waals surface area contributed by atoms with Crippen LogP contribution >= 0.6 is 11.3 Å². The number of pyridine rings is 1. The maximum absolute atomic E-state index is 13.8. The second-order valence-electron chi connectivity index (χ2n) is 9.36. The molecule has 172 valence electrons. The predicted octanol–water partition coefficient (Wildman–Crippen LogP) is 5.42. The molecule has 0 aliphatic heterocycles. The van der Waals surface area contributed by atoms with Gasteiger partial charge in [0.05, 0.1) is 28.3 Å². The highest BCUT2D eigenvalue weighted by Gasteiger charge is 2.40. The molecule has 0 atom stereocenters. The summed E-state index contributed by atoms with van der Waals surface area (Å²) >= 11 is 1.48. The molecule has 8 heteroatoms. The fourth-order valence-electron chi connectivity index (χ4n) is 3.63. The zero-order valence-electron chi connectivity index (χ0n) is 19.3. The Morgan fingerprint density at radius 2 is 1.91 bits per heavy atom. The normalized spacial score (nSPS) is 12.3. The van der Waals surface area contributed by atoms with Crippen LogP contribution in [0.3, 0.4) is 0 Å². The molecule has 0 aliphatic rings. The lowest BCUT2D eigenvalue weighted by atomic mass is 9.66. The van der Waals surface area contributed by atoms with Gasteiger partial charge >= 0.3 is 0 Å². The van der Waals surface area contributed by atoms with E-state index in [1.165, 1.54) is 29.7 Å². The second-order valence-corrected chi connectivity index (χ2v) is 10.2. The van der Waals surface area contributed by atoms with Crippen LogP contribution in [0.25, 0.3) is 11.0 Å². The number of hydrogen-bond acceptors (Lipinski definition) is 5. The van der Waals surface area contributed by atoms with Gasteiger partial charge in [-0.1, -0.05) is 39.8 Å². The van der Waals surface area contributed by atoms with Crippen molar-refractivity contribution < 1.29 is 9.18 Å². The minimum absolute atomic E-state index is 0.0186. The van der Waals surface area contributed by atoms with Crippen LogP contribution < -0.4 is 5.32 Å². The van der Waals surface area contributed by atoms with Crippen LogP contribution in [0, 0.1) is 11.2 Å². The van der Waals surface area contributed by atoms with E-state index < -0.39 is 5.82 Å². The van der Waals surface area contributed by atoms with Gasteiger partial charge in [0, 0.05) is 23.4 Å². The summed E-state index contributed by atoms with van der Waals surface area (Å²) in [5.41, 5.74) is 2.20. The van der Waals surface area contributed by atoms with E-state index in [1.54, 1.807) is 5.38 Å². The standard InChI is InChI=1S/C25H28FN5OS/c1-24(2,12-11-21-29-17-9-5-6-10-18(17)30-21)25(3,4)23-31-20(15-33-23)22(32)28-14-19-16(26)8-7-13-27-19/h5-10,13,15H,11-12,14H2,1-4H3,(H,28,32)(H,29,30). The fraction of sp³-hybridized carbons (Fsp3) is 0.360. The Morgan fingerprint density at radius 3 is 2.67 bits per heavy atom. The topological polar surface area (TPSA) is 83.6 Å². The van der Waals surface area contributed by atoms with Crippen molar-refractivity contribution in [1.82, 2.24) is 25.3 Å². The molecule has 4 aromatic rings. The molecule has 1 amide bonds. The Balaban J connectivity index is 1.42. The number of hydrogen-bond donors (Lipinski definition) is 2. The van der Waals surface area contributed by atoms with Crippen LogP contribution in [0.15, 0.2) is 48.0 Å².